The zero-order chi connectivity index (χ0) is 10.8. The quantitative estimate of drug-likeness (QED) is 0.754. The summed E-state index contributed by atoms with van der Waals surface area (Å²) in [4.78, 5) is 14.0. The molecule has 1 aliphatic heterocycles. The second-order valence-corrected chi connectivity index (χ2v) is 4.20. The van der Waals surface area contributed by atoms with Crippen LogP contribution in [0.25, 0.3) is 0 Å². The SMILES string of the molecule is C[C@@H]1CCC[C@H](C)N1C(=O)c1cn[nH]n1. The summed E-state index contributed by atoms with van der Waals surface area (Å²) < 4.78 is 0. The van der Waals surface area contributed by atoms with E-state index in [1.807, 2.05) is 4.90 Å². The Morgan fingerprint density at radius 2 is 2.13 bits per heavy atom. The van der Waals surface area contributed by atoms with Gasteiger partial charge in [-0.1, -0.05) is 0 Å². The number of hydrogen-bond acceptors (Lipinski definition) is 3. The first-order chi connectivity index (χ1) is 7.20. The van der Waals surface area contributed by atoms with Gasteiger partial charge in [0.15, 0.2) is 5.69 Å². The molecular weight excluding hydrogens is 192 g/mol. The van der Waals surface area contributed by atoms with Gasteiger partial charge in [-0.25, -0.2) is 0 Å². The molecule has 2 rings (SSSR count). The fourth-order valence-electron chi connectivity index (χ4n) is 2.26. The molecule has 1 aliphatic rings. The Balaban J connectivity index is 2.17. The molecule has 0 aromatic carbocycles. The first kappa shape index (κ1) is 10.1. The van der Waals surface area contributed by atoms with Gasteiger partial charge >= 0.3 is 0 Å². The van der Waals surface area contributed by atoms with Crippen molar-refractivity contribution in [2.45, 2.75) is 45.2 Å². The van der Waals surface area contributed by atoms with E-state index in [4.69, 9.17) is 0 Å². The summed E-state index contributed by atoms with van der Waals surface area (Å²) >= 11 is 0. The lowest BCUT2D eigenvalue weighted by Gasteiger charge is -2.38. The Bertz CT molecular complexity index is 325. The number of hydrogen-bond donors (Lipinski definition) is 1. The third-order valence-corrected chi connectivity index (χ3v) is 3.06. The average Bonchev–Trinajstić information content (AvgIpc) is 2.69. The van der Waals surface area contributed by atoms with Crippen LogP contribution in [0.1, 0.15) is 43.6 Å². The van der Waals surface area contributed by atoms with E-state index in [-0.39, 0.29) is 5.91 Å². The molecule has 5 nitrogen and oxygen atoms in total. The van der Waals surface area contributed by atoms with Gasteiger partial charge in [0.1, 0.15) is 0 Å². The number of nitrogens with one attached hydrogen (secondary N) is 1. The van der Waals surface area contributed by atoms with Crippen LogP contribution in [0.15, 0.2) is 6.20 Å². The van der Waals surface area contributed by atoms with E-state index in [2.05, 4.69) is 29.3 Å². The molecule has 2 atom stereocenters. The zero-order valence-corrected chi connectivity index (χ0v) is 9.10. The monoisotopic (exact) mass is 208 g/mol. The average molecular weight is 208 g/mol. The van der Waals surface area contributed by atoms with Crippen LogP contribution in [0, 0.1) is 0 Å². The number of amides is 1. The Kier molecular flexibility index (Phi) is 2.70. The first-order valence-corrected chi connectivity index (χ1v) is 5.38. The molecule has 1 amide bonds. The number of aromatic amines is 1. The number of likely N-dealkylation sites (tertiary alicyclic amines) is 1. The lowest BCUT2D eigenvalue weighted by Crippen LogP contribution is -2.47. The van der Waals surface area contributed by atoms with Gasteiger partial charge in [0, 0.05) is 12.1 Å². The lowest BCUT2D eigenvalue weighted by atomic mass is 9.97. The third-order valence-electron chi connectivity index (χ3n) is 3.06. The van der Waals surface area contributed by atoms with Crippen molar-refractivity contribution in [2.24, 2.45) is 0 Å². The summed E-state index contributed by atoms with van der Waals surface area (Å²) in [6.07, 6.45) is 4.84. The maximum atomic E-state index is 12.1. The van der Waals surface area contributed by atoms with E-state index < -0.39 is 0 Å². The number of H-pyrrole nitrogens is 1. The van der Waals surface area contributed by atoms with E-state index in [0.29, 0.717) is 17.8 Å². The molecule has 1 fully saturated rings. The lowest BCUT2D eigenvalue weighted by molar-refractivity contribution is 0.0504. The molecule has 15 heavy (non-hydrogen) atoms. The van der Waals surface area contributed by atoms with Gasteiger partial charge in [0.2, 0.25) is 0 Å². The predicted molar refractivity (Wildman–Crippen MR) is 55.3 cm³/mol. The highest BCUT2D eigenvalue weighted by atomic mass is 16.2. The van der Waals surface area contributed by atoms with E-state index in [0.717, 1.165) is 12.8 Å². The number of nitrogens with zero attached hydrogens (tertiary/aromatic N) is 3. The van der Waals surface area contributed by atoms with Gasteiger partial charge in [-0.15, -0.1) is 0 Å². The standard InChI is InChI=1S/C10H16N4O/c1-7-4-3-5-8(2)14(7)10(15)9-6-11-13-12-9/h6-8H,3-5H2,1-2H3,(H,11,12,13)/t7-,8+. The van der Waals surface area contributed by atoms with E-state index in [1.54, 1.807) is 0 Å². The zero-order valence-electron chi connectivity index (χ0n) is 9.10. The Hall–Kier alpha value is -1.39. The highest BCUT2D eigenvalue weighted by Gasteiger charge is 2.30. The van der Waals surface area contributed by atoms with Crippen molar-refractivity contribution in [3.8, 4) is 0 Å². The summed E-state index contributed by atoms with van der Waals surface area (Å²) in [5.41, 5.74) is 0.413. The minimum atomic E-state index is -0.0107. The molecule has 0 saturated carbocycles. The van der Waals surface area contributed by atoms with Crippen molar-refractivity contribution < 1.29 is 4.79 Å². The number of rotatable bonds is 1. The largest absolute Gasteiger partial charge is 0.332 e. The normalized spacial score (nSPS) is 26.7. The van der Waals surface area contributed by atoms with E-state index in [1.165, 1.54) is 12.6 Å². The minimum Gasteiger partial charge on any atom is -0.332 e. The first-order valence-electron chi connectivity index (χ1n) is 5.38. The number of carbonyl (C=O) groups excluding carboxylic acids is 1. The van der Waals surface area contributed by atoms with Crippen molar-refractivity contribution in [3.05, 3.63) is 11.9 Å². The van der Waals surface area contributed by atoms with Crippen LogP contribution >= 0.6 is 0 Å². The van der Waals surface area contributed by atoms with Crippen molar-refractivity contribution in [1.82, 2.24) is 20.3 Å². The molecule has 0 spiro atoms. The van der Waals surface area contributed by atoms with Crippen molar-refractivity contribution in [2.75, 3.05) is 0 Å². The Morgan fingerprint density at radius 1 is 1.47 bits per heavy atom. The van der Waals surface area contributed by atoms with Gasteiger partial charge in [0.25, 0.3) is 5.91 Å². The van der Waals surface area contributed by atoms with Crippen molar-refractivity contribution in [1.29, 1.82) is 0 Å². The highest BCUT2D eigenvalue weighted by Crippen LogP contribution is 2.23. The third kappa shape index (κ3) is 1.86. The number of piperidine rings is 1. The van der Waals surface area contributed by atoms with E-state index >= 15 is 0 Å². The van der Waals surface area contributed by atoms with Crippen LogP contribution in [0.5, 0.6) is 0 Å². The molecule has 1 N–H and O–H groups in total. The predicted octanol–water partition coefficient (Wildman–Crippen LogP) is 1.21. The maximum Gasteiger partial charge on any atom is 0.276 e. The van der Waals surface area contributed by atoms with Crippen LogP contribution in [0.4, 0.5) is 0 Å². The molecule has 0 unspecified atom stereocenters. The highest BCUT2D eigenvalue weighted by molar-refractivity contribution is 5.92. The fourth-order valence-corrected chi connectivity index (χ4v) is 2.26. The van der Waals surface area contributed by atoms with Crippen molar-refractivity contribution in [3.63, 3.8) is 0 Å². The van der Waals surface area contributed by atoms with Crippen LogP contribution in [0.2, 0.25) is 0 Å². The molecule has 5 heteroatoms. The summed E-state index contributed by atoms with van der Waals surface area (Å²) in [5, 5.41) is 9.97. The van der Waals surface area contributed by atoms with Crippen molar-refractivity contribution >= 4 is 5.91 Å². The van der Waals surface area contributed by atoms with Crippen LogP contribution in [0.3, 0.4) is 0 Å². The molecule has 1 aromatic heterocycles. The molecule has 0 aliphatic carbocycles. The minimum absolute atomic E-state index is 0.0107. The van der Waals surface area contributed by atoms with Gasteiger partial charge in [-0.2, -0.15) is 15.4 Å². The molecule has 0 bridgehead atoms. The van der Waals surface area contributed by atoms with Gasteiger partial charge in [0.05, 0.1) is 6.20 Å². The van der Waals surface area contributed by atoms with Gasteiger partial charge in [-0.05, 0) is 33.1 Å². The number of carbonyl (C=O) groups is 1. The topological polar surface area (TPSA) is 61.9 Å². The second-order valence-electron chi connectivity index (χ2n) is 4.20. The smallest absolute Gasteiger partial charge is 0.276 e. The van der Waals surface area contributed by atoms with Crippen LogP contribution < -0.4 is 0 Å². The summed E-state index contributed by atoms with van der Waals surface area (Å²) in [6.45, 7) is 4.18. The molecule has 2 heterocycles. The fraction of sp³-hybridized carbons (Fsp3) is 0.700. The van der Waals surface area contributed by atoms with Crippen LogP contribution in [-0.2, 0) is 0 Å². The Labute approximate surface area is 88.9 Å². The van der Waals surface area contributed by atoms with E-state index in [9.17, 15) is 4.79 Å². The molecule has 1 aromatic rings. The molecule has 1 saturated heterocycles. The number of aromatic nitrogens is 3. The Morgan fingerprint density at radius 3 is 2.67 bits per heavy atom. The summed E-state index contributed by atoms with van der Waals surface area (Å²) in [7, 11) is 0. The van der Waals surface area contributed by atoms with Gasteiger partial charge in [-0.3, -0.25) is 4.79 Å². The van der Waals surface area contributed by atoms with Gasteiger partial charge < -0.3 is 4.90 Å². The summed E-state index contributed by atoms with van der Waals surface area (Å²) in [5.74, 6) is -0.0107. The second kappa shape index (κ2) is 4.00. The van der Waals surface area contributed by atoms with Crippen LogP contribution in [-0.4, -0.2) is 38.3 Å². The molecule has 82 valence electrons. The maximum absolute atomic E-state index is 12.1. The molecule has 0 radical (unpaired) electrons. The summed E-state index contributed by atoms with van der Waals surface area (Å²) in [6, 6.07) is 0.607. The molecular formula is C10H16N4O.